The Balaban J connectivity index is 1.83. The predicted octanol–water partition coefficient (Wildman–Crippen LogP) is 1.69. The minimum atomic E-state index is -0.354. The van der Waals surface area contributed by atoms with Crippen molar-refractivity contribution in [2.75, 3.05) is 5.01 Å². The zero-order chi connectivity index (χ0) is 13.2. The van der Waals surface area contributed by atoms with Crippen molar-refractivity contribution in [3.63, 3.8) is 0 Å². The summed E-state index contributed by atoms with van der Waals surface area (Å²) in [5.41, 5.74) is 1.53. The molecule has 1 aliphatic heterocycles. The summed E-state index contributed by atoms with van der Waals surface area (Å²) in [5, 5.41) is 12.5. The molecule has 2 aromatic rings. The summed E-state index contributed by atoms with van der Waals surface area (Å²) in [6.45, 7) is 1.84. The molecule has 1 aromatic heterocycles. The van der Waals surface area contributed by atoms with Gasteiger partial charge in [-0.1, -0.05) is 30.0 Å². The van der Waals surface area contributed by atoms with Gasteiger partial charge in [0.15, 0.2) is 5.16 Å². The average molecular weight is 273 g/mol. The standard InChI is InChI=1S/C12H11N5OS/c1-8-10(19-12-13-7-14-15-12)11(18)17(16-8)9-5-3-2-4-6-9/h2-7,10H,1H3,(H,13,14,15). The lowest BCUT2D eigenvalue weighted by Crippen LogP contribution is -2.29. The molecule has 1 aliphatic rings. The summed E-state index contributed by atoms with van der Waals surface area (Å²) in [5.74, 6) is -0.0647. The van der Waals surface area contributed by atoms with E-state index in [-0.39, 0.29) is 11.2 Å². The fraction of sp³-hybridized carbons (Fsp3) is 0.167. The highest BCUT2D eigenvalue weighted by Crippen LogP contribution is 2.29. The van der Waals surface area contributed by atoms with Crippen LogP contribution in [0.5, 0.6) is 0 Å². The maximum atomic E-state index is 12.4. The third-order valence-electron chi connectivity index (χ3n) is 2.69. The van der Waals surface area contributed by atoms with Gasteiger partial charge in [0, 0.05) is 0 Å². The maximum absolute atomic E-state index is 12.4. The van der Waals surface area contributed by atoms with E-state index < -0.39 is 0 Å². The molecule has 1 aromatic carbocycles. The fourth-order valence-corrected chi connectivity index (χ4v) is 2.66. The first-order chi connectivity index (χ1) is 9.25. The molecule has 96 valence electrons. The fourth-order valence-electron chi connectivity index (χ4n) is 1.80. The van der Waals surface area contributed by atoms with Gasteiger partial charge in [0.2, 0.25) is 0 Å². The topological polar surface area (TPSA) is 74.2 Å². The lowest BCUT2D eigenvalue weighted by molar-refractivity contribution is -0.116. The van der Waals surface area contributed by atoms with E-state index in [0.29, 0.717) is 5.16 Å². The highest BCUT2D eigenvalue weighted by molar-refractivity contribution is 8.01. The van der Waals surface area contributed by atoms with Crippen LogP contribution < -0.4 is 5.01 Å². The molecule has 3 rings (SSSR count). The molecular weight excluding hydrogens is 262 g/mol. The number of hydrogen-bond acceptors (Lipinski definition) is 5. The molecule has 19 heavy (non-hydrogen) atoms. The van der Waals surface area contributed by atoms with Gasteiger partial charge in [-0.05, 0) is 19.1 Å². The van der Waals surface area contributed by atoms with Crippen LogP contribution in [0.3, 0.4) is 0 Å². The molecule has 1 unspecified atom stereocenters. The Labute approximate surface area is 113 Å². The van der Waals surface area contributed by atoms with Gasteiger partial charge in [0.05, 0.1) is 11.4 Å². The molecule has 0 bridgehead atoms. The quantitative estimate of drug-likeness (QED) is 0.923. The minimum absolute atomic E-state index is 0.0647. The molecule has 0 spiro atoms. The number of aromatic amines is 1. The van der Waals surface area contributed by atoms with Crippen molar-refractivity contribution in [2.24, 2.45) is 5.10 Å². The number of amides is 1. The van der Waals surface area contributed by atoms with Crippen LogP contribution in [-0.4, -0.2) is 32.1 Å². The van der Waals surface area contributed by atoms with E-state index in [4.69, 9.17) is 0 Å². The number of hydrogen-bond donors (Lipinski definition) is 1. The first-order valence-electron chi connectivity index (χ1n) is 5.72. The van der Waals surface area contributed by atoms with Gasteiger partial charge in [0.1, 0.15) is 11.6 Å². The van der Waals surface area contributed by atoms with Crippen LogP contribution in [0.2, 0.25) is 0 Å². The monoisotopic (exact) mass is 273 g/mol. The Morgan fingerprint density at radius 3 is 2.79 bits per heavy atom. The number of para-hydroxylation sites is 1. The summed E-state index contributed by atoms with van der Waals surface area (Å²) >= 11 is 1.32. The largest absolute Gasteiger partial charge is 0.271 e. The summed E-state index contributed by atoms with van der Waals surface area (Å²) in [6, 6.07) is 9.38. The van der Waals surface area contributed by atoms with Gasteiger partial charge in [0.25, 0.3) is 5.91 Å². The second-order valence-electron chi connectivity index (χ2n) is 4.02. The third kappa shape index (κ3) is 2.24. The minimum Gasteiger partial charge on any atom is -0.271 e. The molecule has 6 nitrogen and oxygen atoms in total. The van der Waals surface area contributed by atoms with Crippen LogP contribution in [0.25, 0.3) is 0 Å². The Morgan fingerprint density at radius 2 is 2.11 bits per heavy atom. The number of aromatic nitrogens is 3. The SMILES string of the molecule is CC1=NN(c2ccccc2)C(=O)C1Sc1ncn[nH]1. The van der Waals surface area contributed by atoms with Crippen LogP contribution in [0.4, 0.5) is 5.69 Å². The summed E-state index contributed by atoms with van der Waals surface area (Å²) < 4.78 is 0. The number of nitrogens with zero attached hydrogens (tertiary/aromatic N) is 4. The van der Waals surface area contributed by atoms with E-state index in [2.05, 4.69) is 20.3 Å². The molecule has 1 amide bonds. The highest BCUT2D eigenvalue weighted by Gasteiger charge is 2.35. The van der Waals surface area contributed by atoms with E-state index >= 15 is 0 Å². The van der Waals surface area contributed by atoms with E-state index in [1.54, 1.807) is 0 Å². The number of carbonyl (C=O) groups is 1. The predicted molar refractivity (Wildman–Crippen MR) is 73.1 cm³/mol. The Hall–Kier alpha value is -2.15. The number of hydrazone groups is 1. The number of benzene rings is 1. The average Bonchev–Trinajstić information content (AvgIpc) is 3.03. The summed E-state index contributed by atoms with van der Waals surface area (Å²) in [6.07, 6.45) is 1.42. The van der Waals surface area contributed by atoms with Gasteiger partial charge >= 0.3 is 0 Å². The summed E-state index contributed by atoms with van der Waals surface area (Å²) in [4.78, 5) is 16.4. The molecule has 0 saturated carbocycles. The van der Waals surface area contributed by atoms with Crippen LogP contribution in [0.1, 0.15) is 6.92 Å². The molecule has 0 fully saturated rings. The van der Waals surface area contributed by atoms with Crippen LogP contribution in [0.15, 0.2) is 46.9 Å². The van der Waals surface area contributed by atoms with Gasteiger partial charge in [-0.25, -0.2) is 4.98 Å². The van der Waals surface area contributed by atoms with Crippen molar-refractivity contribution in [1.82, 2.24) is 15.2 Å². The summed E-state index contributed by atoms with van der Waals surface area (Å²) in [7, 11) is 0. The van der Waals surface area contributed by atoms with Crippen molar-refractivity contribution in [2.45, 2.75) is 17.3 Å². The van der Waals surface area contributed by atoms with E-state index in [9.17, 15) is 4.79 Å². The van der Waals surface area contributed by atoms with E-state index in [1.165, 1.54) is 23.1 Å². The van der Waals surface area contributed by atoms with Gasteiger partial charge in [-0.2, -0.15) is 15.2 Å². The third-order valence-corrected chi connectivity index (χ3v) is 3.89. The molecule has 0 saturated heterocycles. The van der Waals surface area contributed by atoms with E-state index in [0.717, 1.165) is 11.4 Å². The number of thioether (sulfide) groups is 1. The Morgan fingerprint density at radius 1 is 1.32 bits per heavy atom. The molecular formula is C12H11N5OS. The van der Waals surface area contributed by atoms with Crippen LogP contribution >= 0.6 is 11.8 Å². The lowest BCUT2D eigenvalue weighted by Gasteiger charge is -2.13. The zero-order valence-corrected chi connectivity index (χ0v) is 11.0. The first-order valence-corrected chi connectivity index (χ1v) is 6.60. The van der Waals surface area contributed by atoms with E-state index in [1.807, 2.05) is 37.3 Å². The highest BCUT2D eigenvalue weighted by atomic mass is 32.2. The Kier molecular flexibility index (Phi) is 3.04. The van der Waals surface area contributed by atoms with Crippen LogP contribution in [-0.2, 0) is 4.79 Å². The van der Waals surface area contributed by atoms with Crippen molar-refractivity contribution in [3.8, 4) is 0 Å². The maximum Gasteiger partial charge on any atom is 0.266 e. The number of rotatable bonds is 3. The normalized spacial score (nSPS) is 18.8. The van der Waals surface area contributed by atoms with Crippen molar-refractivity contribution >= 4 is 29.1 Å². The number of nitrogens with one attached hydrogen (secondary N) is 1. The van der Waals surface area contributed by atoms with Gasteiger partial charge in [-0.3, -0.25) is 9.89 Å². The molecule has 1 N–H and O–H groups in total. The number of anilines is 1. The van der Waals surface area contributed by atoms with Crippen LogP contribution in [0, 0.1) is 0 Å². The molecule has 2 heterocycles. The first kappa shape index (κ1) is 11.9. The van der Waals surface area contributed by atoms with Crippen molar-refractivity contribution < 1.29 is 4.79 Å². The second-order valence-corrected chi connectivity index (χ2v) is 5.11. The molecule has 1 atom stereocenters. The zero-order valence-electron chi connectivity index (χ0n) is 10.1. The van der Waals surface area contributed by atoms with Crippen molar-refractivity contribution in [1.29, 1.82) is 0 Å². The lowest BCUT2D eigenvalue weighted by atomic mass is 10.3. The van der Waals surface area contributed by atoms with Gasteiger partial charge in [-0.15, -0.1) is 0 Å². The smallest absolute Gasteiger partial charge is 0.266 e. The molecule has 7 heteroatoms. The second kappa shape index (κ2) is 4.85. The molecule has 0 aliphatic carbocycles. The number of H-pyrrole nitrogens is 1. The Bertz CT molecular complexity index is 610. The number of carbonyl (C=O) groups excluding carboxylic acids is 1. The molecule has 0 radical (unpaired) electrons. The van der Waals surface area contributed by atoms with Crippen molar-refractivity contribution in [3.05, 3.63) is 36.7 Å². The van der Waals surface area contributed by atoms with Gasteiger partial charge < -0.3 is 0 Å².